The van der Waals surface area contributed by atoms with Crippen molar-refractivity contribution in [2.75, 3.05) is 35.8 Å². The fourth-order valence-electron chi connectivity index (χ4n) is 5.01. The molecule has 236 valence electrons. The van der Waals surface area contributed by atoms with Crippen molar-refractivity contribution in [1.82, 2.24) is 20.1 Å². The molecule has 0 saturated carbocycles. The molecule has 0 spiro atoms. The van der Waals surface area contributed by atoms with Gasteiger partial charge in [0.1, 0.15) is 22.9 Å². The molecule has 2 aromatic carbocycles. The maximum atomic E-state index is 15.3. The van der Waals surface area contributed by atoms with E-state index in [1.54, 1.807) is 27.0 Å². The van der Waals surface area contributed by atoms with E-state index in [-0.39, 0.29) is 35.5 Å². The molecule has 5 rings (SSSR count). The van der Waals surface area contributed by atoms with Crippen molar-refractivity contribution in [3.63, 3.8) is 0 Å². The Bertz CT molecular complexity index is 1740. The lowest BCUT2D eigenvalue weighted by Crippen LogP contribution is -2.61. The van der Waals surface area contributed by atoms with E-state index < -0.39 is 40.9 Å². The number of anilines is 3. The number of rotatable bonds is 10. The Morgan fingerprint density at radius 1 is 1.11 bits per heavy atom. The monoisotopic (exact) mass is 621 g/mol. The Hall–Kier alpha value is -5.11. The highest BCUT2D eigenvalue weighted by molar-refractivity contribution is 6.23. The SMILES string of the molecule is COCC(C)(C)Nc1n[nH]c2nccc(Oc3ccc(NC(=O)C4CN(C(C)C)C(=O)N(c5ccc(F)cc5)C4=O)cc3F)c12. The summed E-state index contributed by atoms with van der Waals surface area (Å²) in [6, 6.07) is 9.27. The van der Waals surface area contributed by atoms with Crippen LogP contribution in [0.15, 0.2) is 54.7 Å². The zero-order chi connectivity index (χ0) is 32.5. The van der Waals surface area contributed by atoms with Gasteiger partial charge in [0.05, 0.1) is 17.8 Å². The van der Waals surface area contributed by atoms with Crippen molar-refractivity contribution in [2.24, 2.45) is 5.92 Å². The van der Waals surface area contributed by atoms with Crippen molar-refractivity contribution in [2.45, 2.75) is 39.3 Å². The molecule has 12 nitrogen and oxygen atoms in total. The molecular formula is C31H33F2N7O5. The summed E-state index contributed by atoms with van der Waals surface area (Å²) in [4.78, 5) is 46.4. The minimum Gasteiger partial charge on any atom is -0.453 e. The normalized spacial score (nSPS) is 15.6. The highest BCUT2D eigenvalue weighted by Gasteiger charge is 2.44. The lowest BCUT2D eigenvalue weighted by Gasteiger charge is -2.39. The van der Waals surface area contributed by atoms with Crippen LogP contribution in [0, 0.1) is 17.6 Å². The Kier molecular flexibility index (Phi) is 8.68. The topological polar surface area (TPSA) is 142 Å². The number of aromatic amines is 1. The number of H-pyrrole nitrogens is 1. The number of urea groups is 1. The molecule has 2 aromatic heterocycles. The molecule has 4 amide bonds. The number of nitrogens with zero attached hydrogens (tertiary/aromatic N) is 4. The number of halogens is 2. The van der Waals surface area contributed by atoms with Crippen LogP contribution in [-0.4, -0.2) is 69.8 Å². The van der Waals surface area contributed by atoms with Gasteiger partial charge in [0.2, 0.25) is 11.8 Å². The Morgan fingerprint density at radius 2 is 1.84 bits per heavy atom. The summed E-state index contributed by atoms with van der Waals surface area (Å²) in [6.07, 6.45) is 1.49. The van der Waals surface area contributed by atoms with Gasteiger partial charge in [0, 0.05) is 43.7 Å². The number of hydrogen-bond acceptors (Lipinski definition) is 8. The molecule has 1 fully saturated rings. The standard InChI is InChI=1S/C31H33F2N7O5/c1-17(2)39-15-21(29(42)40(30(39)43)20-9-6-18(32)7-10-20)28(41)35-19-8-11-23(22(33)14-19)45-24-12-13-34-26-25(24)27(38-37-26)36-31(3,4)16-44-5/h6-14,17,21H,15-16H2,1-5H3,(H,35,41)(H2,34,36,37,38). The molecule has 0 radical (unpaired) electrons. The number of nitrogens with one attached hydrogen (secondary N) is 3. The molecule has 3 heterocycles. The quantitative estimate of drug-likeness (QED) is 0.203. The van der Waals surface area contributed by atoms with Crippen LogP contribution in [-0.2, 0) is 14.3 Å². The molecule has 4 aromatic rings. The predicted molar refractivity (Wildman–Crippen MR) is 163 cm³/mol. The largest absolute Gasteiger partial charge is 0.453 e. The fourth-order valence-corrected chi connectivity index (χ4v) is 5.01. The van der Waals surface area contributed by atoms with E-state index in [9.17, 15) is 18.8 Å². The number of carbonyl (C=O) groups is 3. The summed E-state index contributed by atoms with van der Waals surface area (Å²) in [5.74, 6) is -3.53. The second-order valence-electron chi connectivity index (χ2n) is 11.5. The molecule has 1 aliphatic heterocycles. The minimum atomic E-state index is -1.30. The number of amides is 4. The van der Waals surface area contributed by atoms with E-state index in [1.165, 1.54) is 35.4 Å². The lowest BCUT2D eigenvalue weighted by molar-refractivity contribution is -0.132. The number of benzene rings is 2. The number of pyridine rings is 1. The van der Waals surface area contributed by atoms with Crippen LogP contribution in [0.2, 0.25) is 0 Å². The second-order valence-corrected chi connectivity index (χ2v) is 11.5. The number of aromatic nitrogens is 3. The van der Waals surface area contributed by atoms with E-state index in [0.29, 0.717) is 23.5 Å². The van der Waals surface area contributed by atoms with Crippen molar-refractivity contribution < 1.29 is 32.6 Å². The van der Waals surface area contributed by atoms with Crippen LogP contribution >= 0.6 is 0 Å². The van der Waals surface area contributed by atoms with Crippen LogP contribution in [0.25, 0.3) is 11.0 Å². The average molecular weight is 622 g/mol. The number of hydrogen-bond donors (Lipinski definition) is 3. The summed E-state index contributed by atoms with van der Waals surface area (Å²) in [5.41, 5.74) is 0.148. The van der Waals surface area contributed by atoms with Crippen molar-refractivity contribution in [1.29, 1.82) is 0 Å². The Labute approximate surface area is 257 Å². The molecule has 0 aliphatic carbocycles. The van der Waals surface area contributed by atoms with Gasteiger partial charge in [0.15, 0.2) is 23.0 Å². The van der Waals surface area contributed by atoms with Gasteiger partial charge in [0.25, 0.3) is 0 Å². The zero-order valence-electron chi connectivity index (χ0n) is 25.4. The van der Waals surface area contributed by atoms with Gasteiger partial charge in [-0.05, 0) is 64.1 Å². The lowest BCUT2D eigenvalue weighted by atomic mass is 10.0. The smallest absolute Gasteiger partial charge is 0.331 e. The van der Waals surface area contributed by atoms with Gasteiger partial charge in [-0.3, -0.25) is 14.7 Å². The number of ether oxygens (including phenoxy) is 2. The van der Waals surface area contributed by atoms with E-state index in [1.807, 2.05) is 13.8 Å². The number of imide groups is 1. The molecule has 45 heavy (non-hydrogen) atoms. The highest BCUT2D eigenvalue weighted by Crippen LogP contribution is 2.35. The maximum Gasteiger partial charge on any atom is 0.331 e. The Balaban J connectivity index is 1.35. The highest BCUT2D eigenvalue weighted by atomic mass is 19.1. The second kappa shape index (κ2) is 12.5. The van der Waals surface area contributed by atoms with Crippen molar-refractivity contribution in [3.8, 4) is 11.5 Å². The van der Waals surface area contributed by atoms with Gasteiger partial charge in [-0.15, -0.1) is 0 Å². The minimum absolute atomic E-state index is 0.0748. The molecule has 1 unspecified atom stereocenters. The summed E-state index contributed by atoms with van der Waals surface area (Å²) in [7, 11) is 1.59. The molecule has 1 aliphatic rings. The third-order valence-electron chi connectivity index (χ3n) is 7.16. The first-order valence-electron chi connectivity index (χ1n) is 14.2. The molecule has 1 saturated heterocycles. The number of carbonyl (C=O) groups excluding carboxylic acids is 3. The summed E-state index contributed by atoms with van der Waals surface area (Å²) < 4.78 is 40.0. The van der Waals surface area contributed by atoms with E-state index in [4.69, 9.17) is 9.47 Å². The van der Waals surface area contributed by atoms with Gasteiger partial charge in [-0.2, -0.15) is 5.10 Å². The molecule has 0 bridgehead atoms. The van der Waals surface area contributed by atoms with Crippen LogP contribution in [0.5, 0.6) is 11.5 Å². The first-order chi connectivity index (χ1) is 21.4. The summed E-state index contributed by atoms with van der Waals surface area (Å²) in [5, 5.41) is 13.5. The molecule has 14 heteroatoms. The van der Waals surface area contributed by atoms with Gasteiger partial charge in [-0.25, -0.2) is 23.5 Å². The van der Waals surface area contributed by atoms with Crippen molar-refractivity contribution >= 4 is 46.1 Å². The van der Waals surface area contributed by atoms with Crippen LogP contribution in [0.1, 0.15) is 27.7 Å². The van der Waals surface area contributed by atoms with E-state index in [0.717, 1.165) is 23.1 Å². The number of methoxy groups -OCH3 is 1. The van der Waals surface area contributed by atoms with E-state index in [2.05, 4.69) is 25.8 Å². The first-order valence-corrected chi connectivity index (χ1v) is 14.2. The van der Waals surface area contributed by atoms with E-state index >= 15 is 4.39 Å². The van der Waals surface area contributed by atoms with Crippen molar-refractivity contribution in [3.05, 3.63) is 66.4 Å². The Morgan fingerprint density at radius 3 is 2.51 bits per heavy atom. The molecule has 1 atom stereocenters. The predicted octanol–water partition coefficient (Wildman–Crippen LogP) is 5.30. The summed E-state index contributed by atoms with van der Waals surface area (Å²) >= 11 is 0. The maximum absolute atomic E-state index is 15.3. The summed E-state index contributed by atoms with van der Waals surface area (Å²) in [6.45, 7) is 7.57. The van der Waals surface area contributed by atoms with Gasteiger partial charge >= 0.3 is 6.03 Å². The van der Waals surface area contributed by atoms with Gasteiger partial charge in [-0.1, -0.05) is 0 Å². The molecular weight excluding hydrogens is 588 g/mol. The van der Waals surface area contributed by atoms with Crippen LogP contribution < -0.4 is 20.3 Å². The van der Waals surface area contributed by atoms with Crippen LogP contribution in [0.4, 0.5) is 30.8 Å². The molecule has 3 N–H and O–H groups in total. The fraction of sp³-hybridized carbons (Fsp3) is 0.323. The average Bonchev–Trinajstić information content (AvgIpc) is 3.38. The third kappa shape index (κ3) is 6.55. The first kappa shape index (κ1) is 31.3. The third-order valence-corrected chi connectivity index (χ3v) is 7.16. The van der Waals surface area contributed by atoms with Gasteiger partial charge < -0.3 is 25.0 Å². The number of fused-ring (bicyclic) bond motifs is 1. The van der Waals surface area contributed by atoms with Crippen LogP contribution in [0.3, 0.4) is 0 Å². The zero-order valence-corrected chi connectivity index (χ0v) is 25.4.